The van der Waals surface area contributed by atoms with E-state index in [0.29, 0.717) is 0 Å². The van der Waals surface area contributed by atoms with Crippen LogP contribution in [0.4, 0.5) is 0 Å². The van der Waals surface area contributed by atoms with E-state index in [1.807, 2.05) is 32.1 Å². The van der Waals surface area contributed by atoms with Crippen molar-refractivity contribution in [3.63, 3.8) is 0 Å². The summed E-state index contributed by atoms with van der Waals surface area (Å²) in [6.07, 6.45) is 10.0. The molecule has 1 fully saturated rings. The van der Waals surface area contributed by atoms with Gasteiger partial charge in [-0.05, 0) is 32.1 Å². The topological polar surface area (TPSA) is 0 Å². The van der Waals surface area contributed by atoms with Crippen LogP contribution in [0.1, 0.15) is 0 Å². The summed E-state index contributed by atoms with van der Waals surface area (Å²) in [5.41, 5.74) is 0. The van der Waals surface area contributed by atoms with Crippen molar-refractivity contribution in [2.45, 2.75) is 0 Å². The molecule has 3 heteroatoms. The van der Waals surface area contributed by atoms with Crippen molar-refractivity contribution in [1.29, 1.82) is 0 Å². The van der Waals surface area contributed by atoms with E-state index in [1.54, 1.807) is 0 Å². The van der Waals surface area contributed by atoms with Gasteiger partial charge < -0.3 is 24.8 Å². The Labute approximate surface area is 80.6 Å². The quantitative estimate of drug-likeness (QED) is 0.379. The van der Waals surface area contributed by atoms with Crippen molar-refractivity contribution in [1.82, 2.24) is 0 Å². The molecule has 7 radical (unpaired) electrons. The third-order valence-corrected chi connectivity index (χ3v) is 0.556. The van der Waals surface area contributed by atoms with Gasteiger partial charge in [-0.15, -0.1) is 0 Å². The molecule has 43 valence electrons. The van der Waals surface area contributed by atoms with Crippen LogP contribution in [-0.4, -0.2) is 23.9 Å². The first-order valence-corrected chi connectivity index (χ1v) is 1.67. The molecule has 0 aromatic rings. The minimum absolute atomic E-state index is 0. The Morgan fingerprint density at radius 3 is 0.750 bits per heavy atom. The van der Waals surface area contributed by atoms with Gasteiger partial charge in [0.05, 0.1) is 0 Å². The van der Waals surface area contributed by atoms with E-state index in [4.69, 9.17) is 0 Å². The first-order valence-electron chi connectivity index (χ1n) is 1.67. The molecular weight excluding hydrogens is 250 g/mol. The van der Waals surface area contributed by atoms with Crippen molar-refractivity contribution in [3.8, 4) is 0 Å². The average Bonchev–Trinajstić information content (AvgIpc) is 1.76. The van der Waals surface area contributed by atoms with Crippen LogP contribution in [0.3, 0.4) is 0 Å². The largest absolute Gasteiger partial charge is 2.00 e. The molecule has 1 aliphatic rings. The maximum atomic E-state index is 2.00. The second-order valence-electron chi connectivity index (χ2n) is 0.962. The van der Waals surface area contributed by atoms with Crippen LogP contribution in [0.2, 0.25) is 0 Å². The molecule has 0 aromatic carbocycles. The van der Waals surface area contributed by atoms with Gasteiger partial charge in [-0.25, -0.2) is 0 Å². The van der Waals surface area contributed by atoms with Crippen molar-refractivity contribution in [2.75, 3.05) is 0 Å². The molecule has 8 heavy (non-hydrogen) atoms. The second-order valence-corrected chi connectivity index (χ2v) is 0.962. The second kappa shape index (κ2) is 11.2. The predicted octanol–water partition coefficient (Wildman–Crippen LogP) is -5.35. The van der Waals surface area contributed by atoms with Gasteiger partial charge >= 0.3 is 23.9 Å². The van der Waals surface area contributed by atoms with Crippen molar-refractivity contribution >= 4 is 23.9 Å². The Balaban J connectivity index is -0.0000000833. The summed E-state index contributed by atoms with van der Waals surface area (Å²) in [7, 11) is 0. The van der Waals surface area contributed by atoms with E-state index in [9.17, 15) is 0 Å². The van der Waals surface area contributed by atoms with Gasteiger partial charge in [-0.2, -0.15) is 0 Å². The average molecular weight is 255 g/mol. The third-order valence-electron chi connectivity index (χ3n) is 0.556. The smallest absolute Gasteiger partial charge is 1.00 e. The normalized spacial score (nSPS) is 15.0. The standard InChI is InChI=1S/C5H5.2ClH.Sn/c1-2-4-5-3-1;;;/h1-5H;2*1H;/q;;;+2/p-2. The van der Waals surface area contributed by atoms with Crippen LogP contribution >= 0.6 is 0 Å². The predicted molar refractivity (Wildman–Crippen MR) is 27.3 cm³/mol. The van der Waals surface area contributed by atoms with E-state index >= 15 is 0 Å². The third kappa shape index (κ3) is 7.38. The Morgan fingerprint density at radius 1 is 0.500 bits per heavy atom. The molecular formula is C5H5Cl2Sn. The van der Waals surface area contributed by atoms with Crippen molar-refractivity contribution < 1.29 is 24.8 Å². The monoisotopic (exact) mass is 255 g/mol. The zero-order valence-corrected chi connectivity index (χ0v) is 8.51. The molecule has 0 nitrogen and oxygen atoms in total. The Bertz CT molecular complexity index is 22.0. The van der Waals surface area contributed by atoms with Crippen LogP contribution in [0, 0.1) is 32.1 Å². The molecule has 0 atom stereocenters. The molecule has 0 bridgehead atoms. The zero-order chi connectivity index (χ0) is 3.54. The first-order chi connectivity index (χ1) is 2.50. The van der Waals surface area contributed by atoms with Gasteiger partial charge in [0.1, 0.15) is 0 Å². The Kier molecular flexibility index (Phi) is 22.7. The molecule has 1 saturated carbocycles. The molecule has 0 unspecified atom stereocenters. The van der Waals surface area contributed by atoms with E-state index in [1.165, 1.54) is 0 Å². The van der Waals surface area contributed by atoms with Crippen LogP contribution in [0.5, 0.6) is 0 Å². The van der Waals surface area contributed by atoms with Gasteiger partial charge in [0.25, 0.3) is 0 Å². The summed E-state index contributed by atoms with van der Waals surface area (Å²) in [5, 5.41) is 0. The fourth-order valence-electron chi connectivity index (χ4n) is 0.321. The summed E-state index contributed by atoms with van der Waals surface area (Å²) >= 11 is 0. The number of rotatable bonds is 0. The van der Waals surface area contributed by atoms with E-state index in [0.717, 1.165) is 0 Å². The molecule has 0 saturated heterocycles. The maximum Gasteiger partial charge on any atom is 2.00 e. The van der Waals surface area contributed by atoms with Gasteiger partial charge in [-0.3, -0.25) is 0 Å². The zero-order valence-electron chi connectivity index (χ0n) is 4.14. The number of hydrogen-bond acceptors (Lipinski definition) is 0. The SMILES string of the molecule is [CH]1[CH][CH][CH][CH]1.[Cl-].[Cl-].[Sn+2]. The van der Waals surface area contributed by atoms with Gasteiger partial charge in [0.15, 0.2) is 0 Å². The molecule has 0 N–H and O–H groups in total. The Morgan fingerprint density at radius 2 is 0.625 bits per heavy atom. The summed E-state index contributed by atoms with van der Waals surface area (Å²) in [6, 6.07) is 0. The number of hydrogen-bond donors (Lipinski definition) is 0. The number of halogens is 2. The molecule has 0 aromatic heterocycles. The van der Waals surface area contributed by atoms with Crippen LogP contribution in [-0.2, 0) is 0 Å². The molecule has 1 rings (SSSR count). The fourth-order valence-corrected chi connectivity index (χ4v) is 0.321. The van der Waals surface area contributed by atoms with Crippen molar-refractivity contribution in [3.05, 3.63) is 32.1 Å². The minimum Gasteiger partial charge on any atom is -1.00 e. The van der Waals surface area contributed by atoms with Crippen LogP contribution in [0.15, 0.2) is 0 Å². The molecule has 0 spiro atoms. The van der Waals surface area contributed by atoms with Gasteiger partial charge in [0, 0.05) is 0 Å². The van der Waals surface area contributed by atoms with Crippen LogP contribution < -0.4 is 24.8 Å². The summed E-state index contributed by atoms with van der Waals surface area (Å²) in [6.45, 7) is 0. The summed E-state index contributed by atoms with van der Waals surface area (Å²) < 4.78 is 0. The molecule has 1 aliphatic carbocycles. The van der Waals surface area contributed by atoms with E-state index in [2.05, 4.69) is 0 Å². The summed E-state index contributed by atoms with van der Waals surface area (Å²) in [4.78, 5) is 0. The molecule has 0 aliphatic heterocycles. The van der Waals surface area contributed by atoms with Crippen molar-refractivity contribution in [2.24, 2.45) is 0 Å². The van der Waals surface area contributed by atoms with Crippen LogP contribution in [0.25, 0.3) is 0 Å². The first kappa shape index (κ1) is 16.2. The van der Waals surface area contributed by atoms with Gasteiger partial charge in [0.2, 0.25) is 0 Å². The maximum absolute atomic E-state index is 2.00. The summed E-state index contributed by atoms with van der Waals surface area (Å²) in [5.74, 6) is 0. The molecule has 0 heterocycles. The van der Waals surface area contributed by atoms with E-state index < -0.39 is 0 Å². The van der Waals surface area contributed by atoms with Gasteiger partial charge in [-0.1, -0.05) is 0 Å². The molecule has 0 amide bonds. The minimum atomic E-state index is 0. The fraction of sp³-hybridized carbons (Fsp3) is 0. The Hall–Kier alpha value is 1.38. The van der Waals surface area contributed by atoms with E-state index in [-0.39, 0.29) is 48.7 Å².